The molecule has 0 aliphatic carbocycles. The second-order valence-corrected chi connectivity index (χ2v) is 14.1. The molecule has 1 aliphatic heterocycles. The van der Waals surface area contributed by atoms with Crippen LogP contribution in [0.25, 0.3) is 11.3 Å². The fourth-order valence-corrected chi connectivity index (χ4v) is 4.31. The molecule has 156 valence electrons. The number of carbonyl (C=O) groups is 1. The summed E-state index contributed by atoms with van der Waals surface area (Å²) < 4.78 is 22.4. The average Bonchev–Trinajstić information content (AvgIpc) is 2.91. The second-order valence-electron chi connectivity index (χ2n) is 8.49. The molecule has 29 heavy (non-hydrogen) atoms. The third-order valence-electron chi connectivity index (χ3n) is 5.14. The number of ether oxygens (including phenoxy) is 1. The van der Waals surface area contributed by atoms with E-state index in [1.165, 1.54) is 6.07 Å². The lowest BCUT2D eigenvalue weighted by Crippen LogP contribution is -2.31. The predicted molar refractivity (Wildman–Crippen MR) is 111 cm³/mol. The Morgan fingerprint density at radius 3 is 2.72 bits per heavy atom. The number of nitro groups is 1. The lowest BCUT2D eigenvalue weighted by molar-refractivity contribution is -0.384. The van der Waals surface area contributed by atoms with Gasteiger partial charge in [-0.25, -0.2) is 4.39 Å². The zero-order valence-corrected chi connectivity index (χ0v) is 18.2. The summed E-state index contributed by atoms with van der Waals surface area (Å²) in [7, 11) is -1.27. The van der Waals surface area contributed by atoms with Gasteiger partial charge >= 0.3 is 0 Å². The van der Waals surface area contributed by atoms with Gasteiger partial charge in [-0.15, -0.1) is 0 Å². The Hall–Kier alpha value is -2.52. The molecule has 1 amide bonds. The minimum atomic E-state index is -1.27. The summed E-state index contributed by atoms with van der Waals surface area (Å²) in [5.41, 5.74) is 2.30. The summed E-state index contributed by atoms with van der Waals surface area (Å²) in [5.74, 6) is -0.776. The number of nitrogens with one attached hydrogen (secondary N) is 1. The molecule has 0 saturated heterocycles. The normalized spacial score (nSPS) is 13.9. The third-order valence-corrected chi connectivity index (χ3v) is 6.85. The van der Waals surface area contributed by atoms with Gasteiger partial charge in [-0.05, 0) is 31.0 Å². The van der Waals surface area contributed by atoms with Crippen LogP contribution < -0.4 is 5.32 Å². The molecule has 0 saturated carbocycles. The molecule has 1 N–H and O–H groups in total. The van der Waals surface area contributed by atoms with E-state index in [9.17, 15) is 19.3 Å². The Balaban J connectivity index is 2.08. The quantitative estimate of drug-likeness (QED) is 0.317. The van der Waals surface area contributed by atoms with Crippen molar-refractivity contribution in [3.05, 3.63) is 51.0 Å². The van der Waals surface area contributed by atoms with Gasteiger partial charge in [-0.1, -0.05) is 19.6 Å². The van der Waals surface area contributed by atoms with E-state index in [1.807, 2.05) is 0 Å². The number of carbonyl (C=O) groups excluding carboxylic acids is 1. The first-order valence-electron chi connectivity index (χ1n) is 9.62. The van der Waals surface area contributed by atoms with Crippen LogP contribution in [0.2, 0.25) is 25.7 Å². The van der Waals surface area contributed by atoms with E-state index in [1.54, 1.807) is 11.5 Å². The van der Waals surface area contributed by atoms with Crippen LogP contribution in [0.1, 0.15) is 21.6 Å². The van der Waals surface area contributed by atoms with Crippen LogP contribution in [-0.4, -0.2) is 36.6 Å². The largest absolute Gasteiger partial charge is 0.361 e. The summed E-state index contributed by atoms with van der Waals surface area (Å²) in [5, 5.41) is 14.0. The number of benzene rings is 1. The van der Waals surface area contributed by atoms with Crippen molar-refractivity contribution in [2.24, 2.45) is 0 Å². The van der Waals surface area contributed by atoms with Gasteiger partial charge in [0.1, 0.15) is 12.5 Å². The van der Waals surface area contributed by atoms with Crippen LogP contribution in [0.4, 0.5) is 10.1 Å². The van der Waals surface area contributed by atoms with Crippen LogP contribution >= 0.6 is 0 Å². The Bertz CT molecular complexity index is 966. The minimum absolute atomic E-state index is 0.118. The van der Waals surface area contributed by atoms with Crippen molar-refractivity contribution in [1.29, 1.82) is 0 Å². The lowest BCUT2D eigenvalue weighted by Gasteiger charge is -2.18. The molecular formula is C20H26FN3O4Si. The van der Waals surface area contributed by atoms with E-state index in [2.05, 4.69) is 25.0 Å². The average molecular weight is 420 g/mol. The molecule has 0 radical (unpaired) electrons. The van der Waals surface area contributed by atoms with Crippen molar-refractivity contribution in [3.63, 3.8) is 0 Å². The van der Waals surface area contributed by atoms with E-state index in [0.29, 0.717) is 42.1 Å². The van der Waals surface area contributed by atoms with Crippen molar-refractivity contribution in [2.45, 2.75) is 45.8 Å². The van der Waals surface area contributed by atoms with Crippen LogP contribution in [0, 0.1) is 22.9 Å². The highest BCUT2D eigenvalue weighted by molar-refractivity contribution is 6.76. The number of amides is 1. The first-order chi connectivity index (χ1) is 13.6. The molecule has 2 aromatic rings. The summed E-state index contributed by atoms with van der Waals surface area (Å²) in [6, 6.07) is 4.45. The van der Waals surface area contributed by atoms with Crippen LogP contribution in [-0.2, 0) is 17.9 Å². The molecule has 0 spiro atoms. The highest BCUT2D eigenvalue weighted by Gasteiger charge is 2.30. The van der Waals surface area contributed by atoms with Gasteiger partial charge in [-0.3, -0.25) is 14.9 Å². The molecule has 1 aromatic carbocycles. The van der Waals surface area contributed by atoms with Crippen LogP contribution in [0.5, 0.6) is 0 Å². The van der Waals surface area contributed by atoms with Crippen molar-refractivity contribution in [1.82, 2.24) is 9.88 Å². The maximum atomic E-state index is 14.7. The fraction of sp³-hybridized carbons (Fsp3) is 0.450. The van der Waals surface area contributed by atoms with E-state index in [4.69, 9.17) is 4.74 Å². The van der Waals surface area contributed by atoms with Crippen LogP contribution in [0.15, 0.2) is 18.2 Å². The predicted octanol–water partition coefficient (Wildman–Crippen LogP) is 4.11. The summed E-state index contributed by atoms with van der Waals surface area (Å²) >= 11 is 0. The van der Waals surface area contributed by atoms with Gasteiger partial charge in [0.05, 0.1) is 16.2 Å². The molecule has 0 unspecified atom stereocenters. The number of nitro benzene ring substituents is 1. The van der Waals surface area contributed by atoms with E-state index >= 15 is 0 Å². The Morgan fingerprint density at radius 1 is 1.34 bits per heavy atom. The number of nitrogens with zero attached hydrogens (tertiary/aromatic N) is 2. The number of fused-ring (bicyclic) bond motifs is 1. The number of non-ortho nitro benzene ring substituents is 1. The summed E-state index contributed by atoms with van der Waals surface area (Å²) in [4.78, 5) is 23.1. The maximum Gasteiger partial charge on any atom is 0.270 e. The second kappa shape index (κ2) is 8.07. The van der Waals surface area contributed by atoms with E-state index < -0.39 is 18.8 Å². The first-order valence-corrected chi connectivity index (χ1v) is 13.3. The van der Waals surface area contributed by atoms with E-state index in [-0.39, 0.29) is 23.9 Å². The molecule has 0 fully saturated rings. The van der Waals surface area contributed by atoms with Crippen LogP contribution in [0.3, 0.4) is 0 Å². The van der Waals surface area contributed by atoms with Crippen molar-refractivity contribution in [2.75, 3.05) is 13.2 Å². The highest BCUT2D eigenvalue weighted by Crippen LogP contribution is 2.36. The summed E-state index contributed by atoms with van der Waals surface area (Å²) in [6.07, 6.45) is 0.529. The van der Waals surface area contributed by atoms with Gasteiger partial charge < -0.3 is 14.6 Å². The molecule has 3 rings (SSSR count). The summed E-state index contributed by atoms with van der Waals surface area (Å²) in [6.45, 7) is 9.73. The molecule has 1 aliphatic rings. The first kappa shape index (κ1) is 21.2. The zero-order chi connectivity index (χ0) is 21.3. The topological polar surface area (TPSA) is 86.4 Å². The van der Waals surface area contributed by atoms with Gasteiger partial charge in [0.2, 0.25) is 0 Å². The highest BCUT2D eigenvalue weighted by atomic mass is 28.3. The SMILES string of the molecule is Cc1c2c(c(-c3cc([N+](=O)[O-])ccc3F)n1COCC[Si](C)(C)C)CCNC2=O. The van der Waals surface area contributed by atoms with Crippen molar-refractivity contribution >= 4 is 19.7 Å². The minimum Gasteiger partial charge on any atom is -0.361 e. The number of halogens is 1. The maximum absolute atomic E-state index is 14.7. The zero-order valence-electron chi connectivity index (χ0n) is 17.2. The number of hydrogen-bond donors (Lipinski definition) is 1. The lowest BCUT2D eigenvalue weighted by atomic mass is 9.97. The fourth-order valence-electron chi connectivity index (χ4n) is 3.55. The van der Waals surface area contributed by atoms with Gasteiger partial charge in [0, 0.05) is 44.6 Å². The monoisotopic (exact) mass is 419 g/mol. The number of rotatable bonds is 7. The van der Waals surface area contributed by atoms with E-state index in [0.717, 1.165) is 18.2 Å². The van der Waals surface area contributed by atoms with Gasteiger partial charge in [0.15, 0.2) is 0 Å². The Morgan fingerprint density at radius 2 is 2.07 bits per heavy atom. The molecule has 1 aromatic heterocycles. The number of hydrogen-bond acceptors (Lipinski definition) is 4. The smallest absolute Gasteiger partial charge is 0.270 e. The molecule has 0 atom stereocenters. The standard InChI is InChI=1S/C20H26FN3O4Si/c1-13-18-15(7-8-22-20(18)25)19(23(13)12-28-9-10-29(2,3)4)16-11-14(24(26)27)5-6-17(16)21/h5-6,11H,7-10,12H2,1-4H3,(H,22,25). The third kappa shape index (κ3) is 4.40. The van der Waals surface area contributed by atoms with Crippen molar-refractivity contribution < 1.29 is 18.8 Å². The Labute approximate surface area is 170 Å². The molecule has 7 nitrogen and oxygen atoms in total. The molecule has 9 heteroatoms. The molecular weight excluding hydrogens is 393 g/mol. The van der Waals surface area contributed by atoms with Gasteiger partial charge in [-0.2, -0.15) is 0 Å². The molecule has 0 bridgehead atoms. The van der Waals surface area contributed by atoms with Gasteiger partial charge in [0.25, 0.3) is 11.6 Å². The molecule has 2 heterocycles. The Kier molecular flexibility index (Phi) is 5.90. The van der Waals surface area contributed by atoms with Crippen molar-refractivity contribution in [3.8, 4) is 11.3 Å². The number of aromatic nitrogens is 1.